The molecule has 0 aliphatic heterocycles. The lowest BCUT2D eigenvalue weighted by atomic mass is 9.94. The summed E-state index contributed by atoms with van der Waals surface area (Å²) >= 11 is 0. The van der Waals surface area contributed by atoms with Crippen LogP contribution in [0.2, 0.25) is 0 Å². The topological polar surface area (TPSA) is 64.3 Å². The van der Waals surface area contributed by atoms with Crippen LogP contribution in [0.4, 0.5) is 0 Å². The van der Waals surface area contributed by atoms with Crippen molar-refractivity contribution in [2.75, 3.05) is 20.2 Å². The van der Waals surface area contributed by atoms with Crippen molar-refractivity contribution in [3.8, 4) is 5.75 Å². The average molecular weight is 292 g/mol. The Hall–Kier alpha value is -1.55. The molecule has 0 aromatic heterocycles. The number of rotatable bonds is 9. The van der Waals surface area contributed by atoms with Gasteiger partial charge in [-0.3, -0.25) is 4.79 Å². The van der Waals surface area contributed by atoms with Gasteiger partial charge in [0.2, 0.25) is 5.91 Å². The van der Waals surface area contributed by atoms with Crippen LogP contribution in [0, 0.1) is 11.8 Å². The first-order chi connectivity index (χ1) is 10.0. The molecule has 4 heteroatoms. The molecule has 0 saturated heterocycles. The van der Waals surface area contributed by atoms with Crippen LogP contribution in [0.25, 0.3) is 0 Å². The maximum Gasteiger partial charge on any atom is 0.220 e. The molecule has 0 saturated carbocycles. The van der Waals surface area contributed by atoms with Crippen LogP contribution in [0.3, 0.4) is 0 Å². The minimum Gasteiger partial charge on any atom is -0.497 e. The van der Waals surface area contributed by atoms with Crippen molar-refractivity contribution in [2.45, 2.75) is 33.1 Å². The summed E-state index contributed by atoms with van der Waals surface area (Å²) in [5.74, 6) is 1.80. The molecule has 0 fully saturated rings. The fraction of sp³-hybridized carbons (Fsp3) is 0.588. The second-order valence-corrected chi connectivity index (χ2v) is 5.88. The number of methoxy groups -OCH3 is 1. The monoisotopic (exact) mass is 292 g/mol. The molecular weight excluding hydrogens is 264 g/mol. The van der Waals surface area contributed by atoms with Gasteiger partial charge in [-0.25, -0.2) is 0 Å². The summed E-state index contributed by atoms with van der Waals surface area (Å²) in [5, 5.41) is 2.97. The Kier molecular flexibility index (Phi) is 7.83. The summed E-state index contributed by atoms with van der Waals surface area (Å²) in [5.41, 5.74) is 6.91. The largest absolute Gasteiger partial charge is 0.497 e. The maximum atomic E-state index is 11.9. The normalized spacial score (nSPS) is 12.2. The van der Waals surface area contributed by atoms with E-state index in [1.807, 2.05) is 24.3 Å². The van der Waals surface area contributed by atoms with E-state index in [9.17, 15) is 4.79 Å². The number of amides is 1. The molecule has 0 aliphatic rings. The summed E-state index contributed by atoms with van der Waals surface area (Å²) in [6, 6.07) is 7.91. The fourth-order valence-electron chi connectivity index (χ4n) is 2.40. The molecule has 4 nitrogen and oxygen atoms in total. The minimum absolute atomic E-state index is 0.0969. The van der Waals surface area contributed by atoms with E-state index in [-0.39, 0.29) is 11.8 Å². The zero-order valence-corrected chi connectivity index (χ0v) is 13.4. The number of nitrogens with one attached hydrogen (secondary N) is 1. The van der Waals surface area contributed by atoms with E-state index in [4.69, 9.17) is 10.5 Å². The van der Waals surface area contributed by atoms with Crippen molar-refractivity contribution < 1.29 is 9.53 Å². The number of ether oxygens (including phenoxy) is 1. The summed E-state index contributed by atoms with van der Waals surface area (Å²) in [6.45, 7) is 5.54. The summed E-state index contributed by atoms with van der Waals surface area (Å²) in [6.07, 6.45) is 2.35. The van der Waals surface area contributed by atoms with Crippen LogP contribution in [-0.2, 0) is 11.2 Å². The van der Waals surface area contributed by atoms with Gasteiger partial charge in [-0.2, -0.15) is 0 Å². The third-order valence-electron chi connectivity index (χ3n) is 3.51. The van der Waals surface area contributed by atoms with E-state index < -0.39 is 0 Å². The molecule has 0 heterocycles. The van der Waals surface area contributed by atoms with Gasteiger partial charge in [0.25, 0.3) is 0 Å². The molecule has 1 atom stereocenters. The summed E-state index contributed by atoms with van der Waals surface area (Å²) in [4.78, 5) is 11.9. The quantitative estimate of drug-likeness (QED) is 0.734. The maximum absolute atomic E-state index is 11.9. The average Bonchev–Trinajstić information content (AvgIpc) is 2.46. The Bertz CT molecular complexity index is 415. The molecule has 1 rings (SSSR count). The van der Waals surface area contributed by atoms with E-state index in [0.29, 0.717) is 25.4 Å². The zero-order valence-electron chi connectivity index (χ0n) is 13.4. The first kappa shape index (κ1) is 17.5. The van der Waals surface area contributed by atoms with Crippen molar-refractivity contribution in [3.63, 3.8) is 0 Å². The first-order valence-corrected chi connectivity index (χ1v) is 7.64. The van der Waals surface area contributed by atoms with E-state index in [1.54, 1.807) is 7.11 Å². The fourth-order valence-corrected chi connectivity index (χ4v) is 2.40. The lowest BCUT2D eigenvalue weighted by Crippen LogP contribution is -2.30. The highest BCUT2D eigenvalue weighted by atomic mass is 16.5. The van der Waals surface area contributed by atoms with Gasteiger partial charge in [0.05, 0.1) is 7.11 Å². The third kappa shape index (κ3) is 7.14. The highest BCUT2D eigenvalue weighted by Crippen LogP contribution is 2.14. The summed E-state index contributed by atoms with van der Waals surface area (Å²) in [7, 11) is 1.65. The van der Waals surface area contributed by atoms with Crippen molar-refractivity contribution in [1.82, 2.24) is 5.32 Å². The van der Waals surface area contributed by atoms with Gasteiger partial charge >= 0.3 is 0 Å². The Labute approximate surface area is 128 Å². The molecule has 1 unspecified atom stereocenters. The third-order valence-corrected chi connectivity index (χ3v) is 3.51. The van der Waals surface area contributed by atoms with Gasteiger partial charge in [-0.05, 0) is 48.9 Å². The number of carbonyl (C=O) groups excluding carboxylic acids is 1. The van der Waals surface area contributed by atoms with Gasteiger partial charge in [0, 0.05) is 13.0 Å². The number of hydrogen-bond donors (Lipinski definition) is 2. The molecule has 0 aliphatic carbocycles. The number of nitrogens with two attached hydrogens (primary N) is 1. The van der Waals surface area contributed by atoms with Gasteiger partial charge in [0.15, 0.2) is 0 Å². The predicted octanol–water partition coefficient (Wildman–Crippen LogP) is 2.37. The Morgan fingerprint density at radius 3 is 2.48 bits per heavy atom. The van der Waals surface area contributed by atoms with Crippen LogP contribution in [0.15, 0.2) is 24.3 Å². The molecule has 1 amide bonds. The molecular formula is C17H28N2O2. The highest BCUT2D eigenvalue weighted by Gasteiger charge is 2.13. The Balaban J connectivity index is 2.28. The van der Waals surface area contributed by atoms with Gasteiger partial charge < -0.3 is 15.8 Å². The van der Waals surface area contributed by atoms with Crippen LogP contribution in [-0.4, -0.2) is 26.1 Å². The van der Waals surface area contributed by atoms with E-state index in [0.717, 1.165) is 18.6 Å². The minimum atomic E-state index is 0.0969. The number of carbonyl (C=O) groups is 1. The number of benzene rings is 1. The molecule has 0 spiro atoms. The van der Waals surface area contributed by atoms with Crippen LogP contribution >= 0.6 is 0 Å². The Morgan fingerprint density at radius 1 is 1.29 bits per heavy atom. The molecule has 118 valence electrons. The van der Waals surface area contributed by atoms with Crippen LogP contribution < -0.4 is 15.8 Å². The van der Waals surface area contributed by atoms with Crippen molar-refractivity contribution in [3.05, 3.63) is 29.8 Å². The molecule has 3 N–H and O–H groups in total. The predicted molar refractivity (Wildman–Crippen MR) is 86.3 cm³/mol. The van der Waals surface area contributed by atoms with E-state index >= 15 is 0 Å². The molecule has 0 radical (unpaired) electrons. The van der Waals surface area contributed by atoms with Crippen molar-refractivity contribution in [1.29, 1.82) is 0 Å². The Morgan fingerprint density at radius 2 is 1.95 bits per heavy atom. The van der Waals surface area contributed by atoms with Crippen LogP contribution in [0.5, 0.6) is 5.75 Å². The zero-order chi connectivity index (χ0) is 15.7. The first-order valence-electron chi connectivity index (χ1n) is 7.64. The number of hydrogen-bond acceptors (Lipinski definition) is 3. The second-order valence-electron chi connectivity index (χ2n) is 5.88. The van der Waals surface area contributed by atoms with Crippen molar-refractivity contribution >= 4 is 5.91 Å². The molecule has 1 aromatic carbocycles. The standard InChI is InChI=1S/C17H28N2O2/c1-13(2)10-15(12-18)11-17(20)19-9-8-14-4-6-16(21-3)7-5-14/h4-7,13,15H,8-12,18H2,1-3H3,(H,19,20). The lowest BCUT2D eigenvalue weighted by Gasteiger charge is -2.16. The second kappa shape index (κ2) is 9.40. The van der Waals surface area contributed by atoms with Gasteiger partial charge in [0.1, 0.15) is 5.75 Å². The molecule has 1 aromatic rings. The van der Waals surface area contributed by atoms with E-state index in [2.05, 4.69) is 19.2 Å². The van der Waals surface area contributed by atoms with Gasteiger partial charge in [-0.1, -0.05) is 26.0 Å². The SMILES string of the molecule is COc1ccc(CCNC(=O)CC(CN)CC(C)C)cc1. The lowest BCUT2D eigenvalue weighted by molar-refractivity contribution is -0.122. The van der Waals surface area contributed by atoms with Crippen molar-refractivity contribution in [2.24, 2.45) is 17.6 Å². The van der Waals surface area contributed by atoms with Crippen LogP contribution in [0.1, 0.15) is 32.3 Å². The highest BCUT2D eigenvalue weighted by molar-refractivity contribution is 5.76. The smallest absolute Gasteiger partial charge is 0.220 e. The molecule has 0 bridgehead atoms. The van der Waals surface area contributed by atoms with E-state index in [1.165, 1.54) is 5.56 Å². The summed E-state index contributed by atoms with van der Waals surface area (Å²) < 4.78 is 5.12. The van der Waals surface area contributed by atoms with Gasteiger partial charge in [-0.15, -0.1) is 0 Å². The molecule has 21 heavy (non-hydrogen) atoms.